The van der Waals surface area contributed by atoms with E-state index in [0.29, 0.717) is 51.5 Å². The SMILES string of the molecule is CN1CCC(N2CCN(C(=O)C(Cc3ccc(Br)c(Br)c3)OC(=O)N3CCC(n4c(=O)[nH]c5ccccc54)CC3)CC2)CC1. The van der Waals surface area contributed by atoms with Gasteiger partial charge in [-0.25, -0.2) is 9.59 Å². The van der Waals surface area contributed by atoms with Crippen molar-refractivity contribution in [1.29, 1.82) is 0 Å². The second-order valence-electron chi connectivity index (χ2n) is 12.3. The van der Waals surface area contributed by atoms with Crippen LogP contribution in [-0.2, 0) is 16.0 Å². The van der Waals surface area contributed by atoms with Gasteiger partial charge in [-0.1, -0.05) is 18.2 Å². The Morgan fingerprint density at radius 3 is 2.25 bits per heavy atom. The van der Waals surface area contributed by atoms with Crippen LogP contribution >= 0.6 is 31.9 Å². The normalized spacial score (nSPS) is 20.2. The highest BCUT2D eigenvalue weighted by Gasteiger charge is 2.35. The first-order chi connectivity index (χ1) is 21.3. The number of carbonyl (C=O) groups is 2. The van der Waals surface area contributed by atoms with E-state index in [1.54, 1.807) is 9.47 Å². The van der Waals surface area contributed by atoms with Crippen LogP contribution in [0.4, 0.5) is 4.79 Å². The minimum absolute atomic E-state index is 0.0129. The number of carbonyl (C=O) groups excluding carboxylic acids is 2. The Morgan fingerprint density at radius 1 is 0.864 bits per heavy atom. The van der Waals surface area contributed by atoms with E-state index in [4.69, 9.17) is 4.74 Å². The summed E-state index contributed by atoms with van der Waals surface area (Å²) in [6, 6.07) is 14.1. The van der Waals surface area contributed by atoms with E-state index in [9.17, 15) is 14.4 Å². The number of aromatic amines is 1. The number of benzene rings is 2. The summed E-state index contributed by atoms with van der Waals surface area (Å²) in [4.78, 5) is 51.5. The lowest BCUT2D eigenvalue weighted by molar-refractivity contribution is -0.143. The molecule has 4 heterocycles. The molecule has 3 aromatic rings. The van der Waals surface area contributed by atoms with Gasteiger partial charge in [0.25, 0.3) is 5.91 Å². The molecule has 10 nitrogen and oxygen atoms in total. The predicted octanol–water partition coefficient (Wildman–Crippen LogP) is 4.48. The number of fused-ring (bicyclic) bond motifs is 1. The molecule has 1 unspecified atom stereocenters. The third-order valence-corrected chi connectivity index (χ3v) is 11.3. The van der Waals surface area contributed by atoms with Gasteiger partial charge in [0.1, 0.15) is 0 Å². The highest BCUT2D eigenvalue weighted by Crippen LogP contribution is 2.27. The van der Waals surface area contributed by atoms with Crippen LogP contribution in [0.5, 0.6) is 0 Å². The summed E-state index contributed by atoms with van der Waals surface area (Å²) in [5, 5.41) is 0. The minimum atomic E-state index is -0.917. The number of aromatic nitrogens is 2. The van der Waals surface area contributed by atoms with E-state index in [0.717, 1.165) is 64.6 Å². The number of H-pyrrole nitrogens is 1. The number of halogens is 2. The lowest BCUT2D eigenvalue weighted by Gasteiger charge is -2.42. The van der Waals surface area contributed by atoms with Gasteiger partial charge in [0, 0.05) is 66.7 Å². The molecule has 2 aromatic carbocycles. The van der Waals surface area contributed by atoms with Gasteiger partial charge < -0.3 is 24.4 Å². The number of nitrogens with one attached hydrogen (secondary N) is 1. The molecule has 2 amide bonds. The average molecular weight is 733 g/mol. The first-order valence-corrected chi connectivity index (χ1v) is 17.2. The second-order valence-corrected chi connectivity index (χ2v) is 14.0. The van der Waals surface area contributed by atoms with E-state index in [2.05, 4.69) is 53.7 Å². The lowest BCUT2D eigenvalue weighted by Crippen LogP contribution is -2.56. The first kappa shape index (κ1) is 31.3. The van der Waals surface area contributed by atoms with Crippen LogP contribution in [0.25, 0.3) is 11.0 Å². The molecule has 0 bridgehead atoms. The molecular formula is C32H40Br2N6O4. The summed E-state index contributed by atoms with van der Waals surface area (Å²) in [7, 11) is 2.17. The molecule has 12 heteroatoms. The fraction of sp³-hybridized carbons (Fsp3) is 0.531. The Hall–Kier alpha value is -2.67. The zero-order valence-corrected chi connectivity index (χ0v) is 28.3. The maximum Gasteiger partial charge on any atom is 0.410 e. The number of piperidine rings is 2. The van der Waals surface area contributed by atoms with Gasteiger partial charge in [-0.05, 0) is 108 Å². The van der Waals surface area contributed by atoms with Gasteiger partial charge >= 0.3 is 11.8 Å². The number of piperazine rings is 1. The van der Waals surface area contributed by atoms with Crippen molar-refractivity contribution < 1.29 is 14.3 Å². The van der Waals surface area contributed by atoms with Crippen molar-refractivity contribution in [2.24, 2.45) is 0 Å². The maximum absolute atomic E-state index is 13.9. The van der Waals surface area contributed by atoms with Crippen LogP contribution in [0.3, 0.4) is 0 Å². The molecule has 0 spiro atoms. The zero-order valence-electron chi connectivity index (χ0n) is 25.1. The Morgan fingerprint density at radius 2 is 1.55 bits per heavy atom. The van der Waals surface area contributed by atoms with Gasteiger partial charge in [-0.15, -0.1) is 0 Å². The van der Waals surface area contributed by atoms with Gasteiger partial charge in [0.05, 0.1) is 11.0 Å². The van der Waals surface area contributed by atoms with E-state index in [1.807, 2.05) is 47.4 Å². The molecule has 1 atom stereocenters. The summed E-state index contributed by atoms with van der Waals surface area (Å²) in [5.74, 6) is -0.138. The molecule has 6 rings (SSSR count). The van der Waals surface area contributed by atoms with Crippen molar-refractivity contribution in [2.75, 3.05) is 59.4 Å². The monoisotopic (exact) mass is 730 g/mol. The summed E-state index contributed by atoms with van der Waals surface area (Å²) in [6.07, 6.45) is 2.49. The summed E-state index contributed by atoms with van der Waals surface area (Å²) in [6.45, 7) is 6.07. The Balaban J connectivity index is 1.10. The number of para-hydroxylation sites is 2. The Labute approximate surface area is 274 Å². The van der Waals surface area contributed by atoms with E-state index >= 15 is 0 Å². The highest BCUT2D eigenvalue weighted by molar-refractivity contribution is 9.13. The molecule has 3 saturated heterocycles. The molecule has 3 fully saturated rings. The molecule has 3 aliphatic heterocycles. The van der Waals surface area contributed by atoms with Crippen LogP contribution in [0.1, 0.15) is 37.3 Å². The second kappa shape index (κ2) is 13.8. The number of rotatable bonds is 6. The van der Waals surface area contributed by atoms with Crippen LogP contribution in [0.15, 0.2) is 56.2 Å². The van der Waals surface area contributed by atoms with E-state index in [-0.39, 0.29) is 17.6 Å². The van der Waals surface area contributed by atoms with Crippen LogP contribution in [0, 0.1) is 0 Å². The molecular weight excluding hydrogens is 692 g/mol. The van der Waals surface area contributed by atoms with Gasteiger partial charge in [-0.2, -0.15) is 0 Å². The topological polar surface area (TPSA) is 94.1 Å². The van der Waals surface area contributed by atoms with Crippen molar-refractivity contribution in [3.05, 3.63) is 67.5 Å². The molecule has 44 heavy (non-hydrogen) atoms. The number of likely N-dealkylation sites (tertiary alicyclic amines) is 2. The van der Waals surface area contributed by atoms with Crippen molar-refractivity contribution in [1.82, 2.24) is 29.2 Å². The fourth-order valence-corrected chi connectivity index (χ4v) is 7.54. The number of imidazole rings is 1. The number of ether oxygens (including phenoxy) is 1. The summed E-state index contributed by atoms with van der Waals surface area (Å²) in [5.41, 5.74) is 2.47. The third kappa shape index (κ3) is 6.93. The third-order valence-electron chi connectivity index (χ3n) is 9.47. The van der Waals surface area contributed by atoms with Crippen LogP contribution in [-0.4, -0.2) is 113 Å². The van der Waals surface area contributed by atoms with Crippen molar-refractivity contribution >= 4 is 54.9 Å². The molecule has 236 valence electrons. The summed E-state index contributed by atoms with van der Waals surface area (Å²) < 4.78 is 9.64. The Kier molecular flexibility index (Phi) is 9.79. The summed E-state index contributed by atoms with van der Waals surface area (Å²) >= 11 is 7.07. The molecule has 0 saturated carbocycles. The minimum Gasteiger partial charge on any atom is -0.436 e. The maximum atomic E-state index is 13.9. The smallest absolute Gasteiger partial charge is 0.410 e. The van der Waals surface area contributed by atoms with Crippen molar-refractivity contribution in [2.45, 2.75) is 50.3 Å². The quantitative estimate of drug-likeness (QED) is 0.402. The number of hydrogen-bond donors (Lipinski definition) is 1. The average Bonchev–Trinajstić information content (AvgIpc) is 3.38. The Bertz CT molecular complexity index is 1530. The number of hydrogen-bond acceptors (Lipinski definition) is 6. The van der Waals surface area contributed by atoms with Gasteiger partial charge in [0.15, 0.2) is 6.10 Å². The lowest BCUT2D eigenvalue weighted by atomic mass is 10.0. The number of nitrogens with zero attached hydrogens (tertiary/aromatic N) is 5. The number of amides is 2. The van der Waals surface area contributed by atoms with Crippen LogP contribution in [0.2, 0.25) is 0 Å². The van der Waals surface area contributed by atoms with E-state index in [1.165, 1.54) is 0 Å². The molecule has 0 aliphatic carbocycles. The predicted molar refractivity (Wildman–Crippen MR) is 177 cm³/mol. The molecule has 1 aromatic heterocycles. The van der Waals surface area contributed by atoms with Crippen molar-refractivity contribution in [3.63, 3.8) is 0 Å². The zero-order chi connectivity index (χ0) is 30.8. The fourth-order valence-electron chi connectivity index (χ4n) is 6.87. The standard InChI is InChI=1S/C32H40Br2N6O4/c1-36-12-8-23(9-13-36)37-16-18-38(19-17-37)30(41)29(21-22-6-7-25(33)26(34)20-22)44-32(43)39-14-10-24(11-15-39)40-28-5-3-2-4-27(28)35-31(40)42/h2-7,20,23-24,29H,8-19,21H2,1H3,(H,35,42). The van der Waals surface area contributed by atoms with E-state index < -0.39 is 12.2 Å². The van der Waals surface area contributed by atoms with Gasteiger partial charge in [0.2, 0.25) is 0 Å². The van der Waals surface area contributed by atoms with Gasteiger partial charge in [-0.3, -0.25) is 14.3 Å². The van der Waals surface area contributed by atoms with Crippen LogP contribution < -0.4 is 5.69 Å². The highest BCUT2D eigenvalue weighted by atomic mass is 79.9. The van der Waals surface area contributed by atoms with Crippen molar-refractivity contribution in [3.8, 4) is 0 Å². The molecule has 1 N–H and O–H groups in total. The largest absolute Gasteiger partial charge is 0.436 e. The first-order valence-electron chi connectivity index (χ1n) is 15.6. The molecule has 3 aliphatic rings. The molecule has 0 radical (unpaired) electrons.